The van der Waals surface area contributed by atoms with Crippen molar-refractivity contribution >= 4 is 23.4 Å². The van der Waals surface area contributed by atoms with Crippen LogP contribution in [0, 0.1) is 25.7 Å². The monoisotopic (exact) mass is 417 g/mol. The van der Waals surface area contributed by atoms with Crippen LogP contribution in [0.3, 0.4) is 0 Å². The normalized spacial score (nSPS) is 25.8. The molecule has 30 heavy (non-hydrogen) atoms. The number of nitrogens with zero attached hydrogens (tertiary/aromatic N) is 5. The van der Waals surface area contributed by atoms with E-state index in [-0.39, 0.29) is 24.5 Å². The van der Waals surface area contributed by atoms with Crippen molar-refractivity contribution in [3.63, 3.8) is 0 Å². The largest absolute Gasteiger partial charge is 0.483 e. The minimum atomic E-state index is -0.313. The molecule has 2 aliphatic rings. The van der Waals surface area contributed by atoms with Gasteiger partial charge in [0.2, 0.25) is 0 Å². The van der Waals surface area contributed by atoms with Gasteiger partial charge in [0.25, 0.3) is 12.4 Å². The van der Waals surface area contributed by atoms with Gasteiger partial charge in [-0.25, -0.2) is 4.98 Å². The van der Waals surface area contributed by atoms with Crippen LogP contribution >= 0.6 is 0 Å². The summed E-state index contributed by atoms with van der Waals surface area (Å²) in [6, 6.07) is 2.07. The maximum atomic E-state index is 13.4. The fraction of sp³-hybridized carbons (Fsp3) is 0.619. The van der Waals surface area contributed by atoms with Crippen LogP contribution in [0.5, 0.6) is 0 Å². The molecule has 4 atom stereocenters. The second-order valence-electron chi connectivity index (χ2n) is 8.62. The summed E-state index contributed by atoms with van der Waals surface area (Å²) in [5.74, 6) is 0.902. The lowest BCUT2D eigenvalue weighted by molar-refractivity contribution is -0.122. The van der Waals surface area contributed by atoms with Crippen molar-refractivity contribution in [3.05, 3.63) is 23.0 Å². The molecule has 0 bridgehead atoms. The zero-order valence-electron chi connectivity index (χ0n) is 18.2. The quantitative estimate of drug-likeness (QED) is 0.703. The molecule has 2 N–H and O–H groups in total. The van der Waals surface area contributed by atoms with Crippen LogP contribution in [0.15, 0.2) is 6.07 Å². The third-order valence-corrected chi connectivity index (χ3v) is 6.39. The Morgan fingerprint density at radius 2 is 1.83 bits per heavy atom. The van der Waals surface area contributed by atoms with Crippen LogP contribution < -0.4 is 0 Å². The number of pyridine rings is 1. The minimum absolute atomic E-state index is 0.0619. The lowest BCUT2D eigenvalue weighted by atomic mass is 9.77. The molecule has 4 rings (SSSR count). The van der Waals surface area contributed by atoms with Gasteiger partial charge in [-0.2, -0.15) is 5.10 Å². The van der Waals surface area contributed by atoms with E-state index in [1.54, 1.807) is 4.68 Å². The maximum Gasteiger partial charge on any atom is 0.290 e. The Morgan fingerprint density at radius 3 is 2.43 bits per heavy atom. The number of hydrogen-bond donors (Lipinski definition) is 2. The molecular weight excluding hydrogens is 386 g/mol. The Bertz CT molecular complexity index is 941. The van der Waals surface area contributed by atoms with Crippen molar-refractivity contribution in [1.29, 1.82) is 0 Å². The summed E-state index contributed by atoms with van der Waals surface area (Å²) in [5, 5.41) is 22.7. The third-order valence-electron chi connectivity index (χ3n) is 6.39. The highest BCUT2D eigenvalue weighted by atomic mass is 16.3. The molecule has 1 aliphatic heterocycles. The predicted octanol–water partition coefficient (Wildman–Crippen LogP) is 1.06. The van der Waals surface area contributed by atoms with E-state index < -0.39 is 0 Å². The number of carboxylic acid groups (broad SMARTS) is 1. The van der Waals surface area contributed by atoms with Crippen LogP contribution in [0.4, 0.5) is 0 Å². The predicted molar refractivity (Wildman–Crippen MR) is 112 cm³/mol. The van der Waals surface area contributed by atoms with Crippen molar-refractivity contribution in [2.45, 2.75) is 38.8 Å². The lowest BCUT2D eigenvalue weighted by Crippen LogP contribution is -2.46. The second kappa shape index (κ2) is 8.69. The van der Waals surface area contributed by atoms with Crippen molar-refractivity contribution in [2.24, 2.45) is 18.9 Å². The highest BCUT2D eigenvalue weighted by Crippen LogP contribution is 2.38. The molecule has 0 aromatic carbocycles. The standard InChI is InChI=1S/C20H29N5O2.CH2O2/c1-11-6-15(18-12(2)22-24(5)19(18)21-11)20(27)25-9-13-7-16(23(3)4)17(26)8-14(13)10-25;2-1-3/h6,13-14,16-17,26H,7-10H2,1-5H3;1H,(H,2,3)/t13-,14+,16-,17-;/m1./s1. The fourth-order valence-corrected chi connectivity index (χ4v) is 5.04. The molecule has 1 amide bonds. The Balaban J connectivity index is 0.000000806. The van der Waals surface area contributed by atoms with Crippen molar-refractivity contribution in [1.82, 2.24) is 24.6 Å². The summed E-state index contributed by atoms with van der Waals surface area (Å²) >= 11 is 0. The number of likely N-dealkylation sites (N-methyl/N-ethyl adjacent to an activating group) is 1. The Labute approximate surface area is 176 Å². The molecule has 0 unspecified atom stereocenters. The summed E-state index contributed by atoms with van der Waals surface area (Å²) in [5.41, 5.74) is 3.12. The SMILES string of the molecule is Cc1cc(C(=O)N2C[C@H]3C[C@@H](N(C)C)[C@H](O)C[C@H]3C2)c2c(C)nn(C)c2n1.O=CO. The summed E-state index contributed by atoms with van der Waals surface area (Å²) in [4.78, 5) is 30.4. The van der Waals surface area contributed by atoms with E-state index in [4.69, 9.17) is 9.90 Å². The van der Waals surface area contributed by atoms with Crippen LogP contribution in [0.2, 0.25) is 0 Å². The van der Waals surface area contributed by atoms with Gasteiger partial charge in [0.1, 0.15) is 0 Å². The van der Waals surface area contributed by atoms with Crippen LogP contribution in [0.25, 0.3) is 11.0 Å². The number of likely N-dealkylation sites (tertiary alicyclic amines) is 1. The van der Waals surface area contributed by atoms with Crippen LogP contribution in [0.1, 0.15) is 34.6 Å². The molecule has 9 nitrogen and oxygen atoms in total. The molecule has 2 aromatic rings. The minimum Gasteiger partial charge on any atom is -0.483 e. The zero-order chi connectivity index (χ0) is 22.2. The number of aromatic nitrogens is 3. The molecule has 9 heteroatoms. The van der Waals surface area contributed by atoms with Crippen LogP contribution in [-0.2, 0) is 11.8 Å². The number of carbonyl (C=O) groups excluding carboxylic acids is 1. The summed E-state index contributed by atoms with van der Waals surface area (Å²) in [7, 11) is 5.91. The van der Waals surface area contributed by atoms with E-state index in [0.717, 1.165) is 48.4 Å². The highest BCUT2D eigenvalue weighted by molar-refractivity contribution is 6.06. The summed E-state index contributed by atoms with van der Waals surface area (Å²) < 4.78 is 1.75. The molecule has 1 saturated heterocycles. The van der Waals surface area contributed by atoms with Gasteiger partial charge in [-0.3, -0.25) is 14.3 Å². The Hall–Kier alpha value is -2.52. The Morgan fingerprint density at radius 1 is 1.23 bits per heavy atom. The molecule has 0 radical (unpaired) electrons. The molecule has 0 spiro atoms. The molecule has 1 aliphatic carbocycles. The first-order valence-corrected chi connectivity index (χ1v) is 10.2. The van der Waals surface area contributed by atoms with Crippen LogP contribution in [-0.4, -0.2) is 86.5 Å². The molecular formula is C21H31N5O4. The number of rotatable bonds is 2. The van der Waals surface area contributed by atoms with Gasteiger partial charge in [0.05, 0.1) is 22.7 Å². The number of aliphatic hydroxyl groups is 1. The average Bonchev–Trinajstić information content (AvgIpc) is 3.20. The Kier molecular flexibility index (Phi) is 6.42. The smallest absolute Gasteiger partial charge is 0.290 e. The fourth-order valence-electron chi connectivity index (χ4n) is 5.04. The van der Waals surface area contributed by atoms with Gasteiger partial charge in [0, 0.05) is 31.9 Å². The van der Waals surface area contributed by atoms with E-state index in [0.29, 0.717) is 17.4 Å². The maximum absolute atomic E-state index is 13.4. The van der Waals surface area contributed by atoms with Gasteiger partial charge >= 0.3 is 0 Å². The van der Waals surface area contributed by atoms with Gasteiger partial charge in [-0.1, -0.05) is 0 Å². The highest BCUT2D eigenvalue weighted by Gasteiger charge is 2.44. The first-order valence-electron chi connectivity index (χ1n) is 10.2. The second-order valence-corrected chi connectivity index (χ2v) is 8.62. The van der Waals surface area contributed by atoms with Gasteiger partial charge in [0.15, 0.2) is 5.65 Å². The third kappa shape index (κ3) is 4.04. The van der Waals surface area contributed by atoms with Crippen molar-refractivity contribution in [3.8, 4) is 0 Å². The van der Waals surface area contributed by atoms with E-state index >= 15 is 0 Å². The molecule has 164 valence electrons. The zero-order valence-corrected chi connectivity index (χ0v) is 18.2. The van der Waals surface area contributed by atoms with Crippen molar-refractivity contribution < 1.29 is 19.8 Å². The number of hydrogen-bond acceptors (Lipinski definition) is 6. The summed E-state index contributed by atoms with van der Waals surface area (Å²) in [6.07, 6.45) is 1.40. The molecule has 3 heterocycles. The van der Waals surface area contributed by atoms with E-state index in [9.17, 15) is 9.90 Å². The number of aliphatic hydroxyl groups excluding tert-OH is 1. The topological polar surface area (TPSA) is 112 Å². The van der Waals surface area contributed by atoms with E-state index in [1.165, 1.54) is 0 Å². The first kappa shape index (κ1) is 22.2. The molecule has 1 saturated carbocycles. The number of amides is 1. The number of fused-ring (bicyclic) bond motifs is 2. The van der Waals surface area contributed by atoms with E-state index in [2.05, 4.69) is 15.0 Å². The van der Waals surface area contributed by atoms with Gasteiger partial charge in [-0.15, -0.1) is 0 Å². The van der Waals surface area contributed by atoms with Gasteiger partial charge in [-0.05, 0) is 58.7 Å². The summed E-state index contributed by atoms with van der Waals surface area (Å²) in [6.45, 7) is 5.09. The molecule has 2 aromatic heterocycles. The number of carbonyl (C=O) groups is 2. The first-order chi connectivity index (χ1) is 14.2. The molecule has 2 fully saturated rings. The van der Waals surface area contributed by atoms with Crippen molar-refractivity contribution in [2.75, 3.05) is 27.2 Å². The van der Waals surface area contributed by atoms with Gasteiger partial charge < -0.3 is 20.0 Å². The number of aryl methyl sites for hydroxylation is 3. The lowest BCUT2D eigenvalue weighted by Gasteiger charge is -2.38. The van der Waals surface area contributed by atoms with E-state index in [1.807, 2.05) is 46.0 Å². The average molecular weight is 418 g/mol.